The van der Waals surface area contributed by atoms with E-state index in [0.717, 1.165) is 5.56 Å². The van der Waals surface area contributed by atoms with E-state index in [2.05, 4.69) is 10.3 Å². The molecule has 4 rings (SSSR count). The van der Waals surface area contributed by atoms with Crippen molar-refractivity contribution in [2.75, 3.05) is 18.6 Å². The average molecular weight is 438 g/mol. The zero-order valence-electron chi connectivity index (χ0n) is 18.1. The van der Waals surface area contributed by atoms with Gasteiger partial charge in [-0.2, -0.15) is 0 Å². The molecule has 0 atom stereocenters. The summed E-state index contributed by atoms with van der Waals surface area (Å²) in [5.41, 5.74) is 2.14. The van der Waals surface area contributed by atoms with E-state index in [1.54, 1.807) is 6.07 Å². The quantitative estimate of drug-likeness (QED) is 0.478. The second kappa shape index (κ2) is 7.63. The van der Waals surface area contributed by atoms with Gasteiger partial charge in [0, 0.05) is 36.3 Å². The van der Waals surface area contributed by atoms with E-state index in [1.807, 2.05) is 26.8 Å². The summed E-state index contributed by atoms with van der Waals surface area (Å²) < 4.78 is 11.6. The lowest BCUT2D eigenvalue weighted by atomic mass is 9.84. The molecule has 0 spiro atoms. The van der Waals surface area contributed by atoms with Gasteiger partial charge in [0.2, 0.25) is 11.8 Å². The molecule has 166 valence electrons. The zero-order chi connectivity index (χ0) is 23.2. The highest BCUT2D eigenvalue weighted by Crippen LogP contribution is 2.43. The van der Waals surface area contributed by atoms with Crippen molar-refractivity contribution in [2.45, 2.75) is 32.6 Å². The molecular formula is C22H22N4O6. The SMILES string of the molecule is COc1c(-c2nc3cc([N+](=O)[O-])ccc3o2)cc(N2CCC(=O)NC2=O)cc1C(C)(C)C. The van der Waals surface area contributed by atoms with Gasteiger partial charge in [0.15, 0.2) is 5.58 Å². The van der Waals surface area contributed by atoms with Crippen molar-refractivity contribution < 1.29 is 23.7 Å². The monoisotopic (exact) mass is 438 g/mol. The van der Waals surface area contributed by atoms with Crippen LogP contribution in [0.25, 0.3) is 22.6 Å². The average Bonchev–Trinajstić information content (AvgIpc) is 3.15. The van der Waals surface area contributed by atoms with Gasteiger partial charge >= 0.3 is 6.03 Å². The third-order valence-corrected chi connectivity index (χ3v) is 5.26. The first-order valence-corrected chi connectivity index (χ1v) is 9.97. The van der Waals surface area contributed by atoms with Crippen LogP contribution >= 0.6 is 0 Å². The number of nitrogens with zero attached hydrogens (tertiary/aromatic N) is 3. The van der Waals surface area contributed by atoms with E-state index in [4.69, 9.17) is 9.15 Å². The Morgan fingerprint density at radius 2 is 1.97 bits per heavy atom. The van der Waals surface area contributed by atoms with Crippen LogP contribution in [0.4, 0.5) is 16.2 Å². The number of rotatable bonds is 4. The van der Waals surface area contributed by atoms with Gasteiger partial charge in [0.05, 0.1) is 17.6 Å². The third kappa shape index (κ3) is 3.75. The number of hydrogen-bond donors (Lipinski definition) is 1. The number of carbonyl (C=O) groups excluding carboxylic acids is 2. The normalized spacial score (nSPS) is 14.6. The summed E-state index contributed by atoms with van der Waals surface area (Å²) in [5.74, 6) is 0.408. The van der Waals surface area contributed by atoms with Crippen LogP contribution in [0, 0.1) is 10.1 Å². The molecule has 0 unspecified atom stereocenters. The third-order valence-electron chi connectivity index (χ3n) is 5.26. The second-order valence-electron chi connectivity index (χ2n) is 8.51. The Morgan fingerprint density at radius 1 is 1.22 bits per heavy atom. The van der Waals surface area contributed by atoms with Crippen LogP contribution in [0.5, 0.6) is 5.75 Å². The summed E-state index contributed by atoms with van der Waals surface area (Å²) in [7, 11) is 1.54. The van der Waals surface area contributed by atoms with Gasteiger partial charge in [0.25, 0.3) is 5.69 Å². The number of hydrogen-bond acceptors (Lipinski definition) is 7. The zero-order valence-corrected chi connectivity index (χ0v) is 18.1. The van der Waals surface area contributed by atoms with Crippen LogP contribution in [-0.2, 0) is 10.2 Å². The van der Waals surface area contributed by atoms with Crippen molar-refractivity contribution in [1.29, 1.82) is 0 Å². The molecule has 3 aromatic rings. The topological polar surface area (TPSA) is 128 Å². The summed E-state index contributed by atoms with van der Waals surface area (Å²) in [6.45, 7) is 6.26. The summed E-state index contributed by atoms with van der Waals surface area (Å²) in [6, 6.07) is 7.24. The highest BCUT2D eigenvalue weighted by Gasteiger charge is 2.30. The van der Waals surface area contributed by atoms with E-state index in [-0.39, 0.29) is 35.9 Å². The van der Waals surface area contributed by atoms with Gasteiger partial charge in [-0.25, -0.2) is 9.78 Å². The fourth-order valence-electron chi connectivity index (χ4n) is 3.66. The molecule has 1 aliphatic heterocycles. The highest BCUT2D eigenvalue weighted by molar-refractivity contribution is 6.06. The maximum absolute atomic E-state index is 12.5. The van der Waals surface area contributed by atoms with Gasteiger partial charge < -0.3 is 9.15 Å². The van der Waals surface area contributed by atoms with E-state index in [0.29, 0.717) is 28.1 Å². The van der Waals surface area contributed by atoms with Crippen LogP contribution in [0.2, 0.25) is 0 Å². The van der Waals surface area contributed by atoms with Crippen LogP contribution in [0.3, 0.4) is 0 Å². The minimum Gasteiger partial charge on any atom is -0.496 e. The summed E-state index contributed by atoms with van der Waals surface area (Å²) >= 11 is 0. The minimum absolute atomic E-state index is 0.0944. The van der Waals surface area contributed by atoms with Gasteiger partial charge in [0.1, 0.15) is 11.3 Å². The van der Waals surface area contributed by atoms with E-state index in [9.17, 15) is 19.7 Å². The predicted octanol–water partition coefficient (Wildman–Crippen LogP) is 4.16. The molecular weight excluding hydrogens is 416 g/mol. The number of nitro benzene ring substituents is 1. The van der Waals surface area contributed by atoms with Gasteiger partial charge in [-0.1, -0.05) is 20.8 Å². The van der Waals surface area contributed by atoms with E-state index >= 15 is 0 Å². The van der Waals surface area contributed by atoms with Gasteiger partial charge in [-0.05, 0) is 23.6 Å². The molecule has 0 saturated carbocycles. The fourth-order valence-corrected chi connectivity index (χ4v) is 3.66. The number of benzene rings is 2. The Kier molecular flexibility index (Phi) is 5.08. The summed E-state index contributed by atoms with van der Waals surface area (Å²) in [5, 5.41) is 13.4. The van der Waals surface area contributed by atoms with Crippen molar-refractivity contribution in [3.8, 4) is 17.2 Å². The number of anilines is 1. The second-order valence-corrected chi connectivity index (χ2v) is 8.51. The first kappa shape index (κ1) is 21.3. The predicted molar refractivity (Wildman–Crippen MR) is 117 cm³/mol. The van der Waals surface area contributed by atoms with Crippen LogP contribution < -0.4 is 15.0 Å². The minimum atomic E-state index is -0.509. The molecule has 1 fully saturated rings. The van der Waals surface area contributed by atoms with Gasteiger partial charge in [-0.15, -0.1) is 0 Å². The highest BCUT2D eigenvalue weighted by atomic mass is 16.6. The van der Waals surface area contributed by atoms with Crippen LogP contribution in [0.15, 0.2) is 34.7 Å². The van der Waals surface area contributed by atoms with Crippen molar-refractivity contribution in [3.05, 3.63) is 46.0 Å². The lowest BCUT2D eigenvalue weighted by molar-refractivity contribution is -0.384. The number of nitrogens with one attached hydrogen (secondary N) is 1. The number of nitro groups is 1. The molecule has 0 bridgehead atoms. The maximum atomic E-state index is 12.5. The molecule has 10 nitrogen and oxygen atoms in total. The number of methoxy groups -OCH3 is 1. The molecule has 2 heterocycles. The smallest absolute Gasteiger partial charge is 0.328 e. The van der Waals surface area contributed by atoms with Crippen molar-refractivity contribution in [1.82, 2.24) is 10.3 Å². The number of urea groups is 1. The Labute approximate surface area is 183 Å². The maximum Gasteiger partial charge on any atom is 0.328 e. The lowest BCUT2D eigenvalue weighted by Crippen LogP contribution is -2.49. The van der Waals surface area contributed by atoms with E-state index in [1.165, 1.54) is 30.2 Å². The van der Waals surface area contributed by atoms with Crippen molar-refractivity contribution >= 4 is 34.4 Å². The van der Waals surface area contributed by atoms with Crippen LogP contribution in [-0.4, -0.2) is 35.5 Å². The lowest BCUT2D eigenvalue weighted by Gasteiger charge is -2.30. The molecule has 1 aliphatic rings. The molecule has 0 radical (unpaired) electrons. The number of aromatic nitrogens is 1. The van der Waals surface area contributed by atoms with Crippen molar-refractivity contribution in [3.63, 3.8) is 0 Å². The standard InChI is InChI=1S/C22H22N4O6/c1-22(2,3)15-10-13(25-8-7-18(27)24-21(25)28)9-14(19(15)31-4)20-23-16-11-12(26(29)30)5-6-17(16)32-20/h5-6,9-11H,7-8H2,1-4H3,(H,24,27,28). The Bertz CT molecular complexity index is 1260. The van der Waals surface area contributed by atoms with Gasteiger partial charge in [-0.3, -0.25) is 25.1 Å². The van der Waals surface area contributed by atoms with Crippen molar-refractivity contribution in [2.24, 2.45) is 0 Å². The number of oxazole rings is 1. The molecule has 0 aliphatic carbocycles. The molecule has 1 aromatic heterocycles. The summed E-state index contributed by atoms with van der Waals surface area (Å²) in [6.07, 6.45) is 0.185. The molecule has 10 heteroatoms. The molecule has 1 N–H and O–H groups in total. The number of imide groups is 1. The first-order valence-electron chi connectivity index (χ1n) is 9.97. The molecule has 1 saturated heterocycles. The first-order chi connectivity index (χ1) is 15.1. The number of ether oxygens (including phenoxy) is 1. The van der Waals surface area contributed by atoms with E-state index < -0.39 is 11.0 Å². The number of amides is 3. The molecule has 32 heavy (non-hydrogen) atoms. The fraction of sp³-hybridized carbons (Fsp3) is 0.318. The Hall–Kier alpha value is -3.95. The number of non-ortho nitro benzene ring substituents is 1. The van der Waals surface area contributed by atoms with Crippen LogP contribution in [0.1, 0.15) is 32.8 Å². The number of carbonyl (C=O) groups is 2. The molecule has 2 aromatic carbocycles. The summed E-state index contributed by atoms with van der Waals surface area (Å²) in [4.78, 5) is 40.6. The number of fused-ring (bicyclic) bond motifs is 1. The Balaban J connectivity index is 1.92. The Morgan fingerprint density at radius 3 is 2.59 bits per heavy atom. The largest absolute Gasteiger partial charge is 0.496 e. The molecule has 3 amide bonds.